The Hall–Kier alpha value is -4.06. The standard InChI is InChI=1S/C29H17N/c1-3-10-24-20(6-1)13-16-26-28(24)29-25-11-4-2-7-21(25)14-17-27(29)30(26)23-15-12-19-8-5-9-22(19)18-23/h1-7,9-18H. The van der Waals surface area contributed by atoms with E-state index >= 15 is 0 Å². The molecule has 0 fully saturated rings. The second-order valence-electron chi connectivity index (χ2n) is 7.95. The van der Waals surface area contributed by atoms with E-state index in [1.165, 1.54) is 54.3 Å². The second-order valence-corrected chi connectivity index (χ2v) is 7.95. The molecule has 138 valence electrons. The number of nitrogens with zero attached hydrogens (tertiary/aromatic N) is 1. The van der Waals surface area contributed by atoms with E-state index in [0.29, 0.717) is 0 Å². The lowest BCUT2D eigenvalue weighted by Crippen LogP contribution is -2.21. The largest absolute Gasteiger partial charge is 0.309 e. The number of hydrogen-bond donors (Lipinski definition) is 0. The molecule has 1 heteroatoms. The van der Waals surface area contributed by atoms with Crippen LogP contribution in [0.25, 0.3) is 60.8 Å². The van der Waals surface area contributed by atoms with Gasteiger partial charge in [-0.1, -0.05) is 60.7 Å². The van der Waals surface area contributed by atoms with E-state index in [4.69, 9.17) is 0 Å². The molecule has 5 aromatic carbocycles. The summed E-state index contributed by atoms with van der Waals surface area (Å²) in [6.07, 6.45) is 4.14. The molecule has 1 nitrogen and oxygen atoms in total. The van der Waals surface area contributed by atoms with Crippen molar-refractivity contribution >= 4 is 55.2 Å². The summed E-state index contributed by atoms with van der Waals surface area (Å²) in [5.41, 5.74) is 6.98. The second kappa shape index (κ2) is 5.73. The minimum absolute atomic E-state index is 1.16. The fraction of sp³-hybridized carbons (Fsp3) is 0. The molecule has 1 aliphatic rings. The van der Waals surface area contributed by atoms with Gasteiger partial charge in [-0.25, -0.2) is 0 Å². The predicted octanol–water partition coefficient (Wildman–Crippen LogP) is 5.82. The smallest absolute Gasteiger partial charge is 0.0547 e. The van der Waals surface area contributed by atoms with Crippen LogP contribution in [0.2, 0.25) is 0 Å². The van der Waals surface area contributed by atoms with Gasteiger partial charge in [-0.15, -0.1) is 5.73 Å². The molecule has 0 bridgehead atoms. The van der Waals surface area contributed by atoms with Crippen LogP contribution in [0.1, 0.15) is 0 Å². The first kappa shape index (κ1) is 15.8. The number of allylic oxidation sites excluding steroid dienone is 1. The fourth-order valence-electron chi connectivity index (χ4n) is 5.01. The van der Waals surface area contributed by atoms with Crippen molar-refractivity contribution in [2.45, 2.75) is 0 Å². The number of rotatable bonds is 1. The lowest BCUT2D eigenvalue weighted by atomic mass is 10.00. The van der Waals surface area contributed by atoms with E-state index in [0.717, 1.165) is 5.22 Å². The molecule has 0 N–H and O–H groups in total. The minimum atomic E-state index is 1.16. The van der Waals surface area contributed by atoms with E-state index in [-0.39, 0.29) is 0 Å². The lowest BCUT2D eigenvalue weighted by Gasteiger charge is -2.08. The van der Waals surface area contributed by atoms with Gasteiger partial charge >= 0.3 is 0 Å². The zero-order chi connectivity index (χ0) is 19.7. The van der Waals surface area contributed by atoms with Crippen molar-refractivity contribution in [2.75, 3.05) is 0 Å². The molecule has 0 saturated heterocycles. The maximum absolute atomic E-state index is 3.31. The summed E-state index contributed by atoms with van der Waals surface area (Å²) < 4.78 is 2.41. The van der Waals surface area contributed by atoms with Gasteiger partial charge in [0.2, 0.25) is 0 Å². The SMILES string of the molecule is C1=CC=c2cc(-n3c4ccc5ccccc5c4c4c5ccccc5ccc43)ccc2=1. The van der Waals surface area contributed by atoms with Gasteiger partial charge in [-0.05, 0) is 69.2 Å². The molecule has 1 heterocycles. The topological polar surface area (TPSA) is 4.93 Å². The molecule has 30 heavy (non-hydrogen) atoms. The van der Waals surface area contributed by atoms with Crippen LogP contribution in [0, 0.1) is 0 Å². The first-order valence-electron chi connectivity index (χ1n) is 10.3. The third kappa shape index (κ3) is 2.02. The molecular weight excluding hydrogens is 362 g/mol. The third-order valence-electron chi connectivity index (χ3n) is 6.34. The number of fused-ring (bicyclic) bond motifs is 8. The van der Waals surface area contributed by atoms with Crippen molar-refractivity contribution in [1.29, 1.82) is 0 Å². The van der Waals surface area contributed by atoms with Crippen LogP contribution in [-0.2, 0) is 0 Å². The highest BCUT2D eigenvalue weighted by molar-refractivity contribution is 6.28. The average molecular weight is 379 g/mol. The van der Waals surface area contributed by atoms with Crippen molar-refractivity contribution < 1.29 is 0 Å². The average Bonchev–Trinajstić information content (AvgIpc) is 3.40. The summed E-state index contributed by atoms with van der Waals surface area (Å²) in [6, 6.07) is 33.1. The molecule has 1 aromatic heterocycles. The van der Waals surface area contributed by atoms with Crippen LogP contribution in [0.4, 0.5) is 0 Å². The van der Waals surface area contributed by atoms with Crippen LogP contribution in [-0.4, -0.2) is 4.57 Å². The molecule has 0 atom stereocenters. The van der Waals surface area contributed by atoms with E-state index < -0.39 is 0 Å². The van der Waals surface area contributed by atoms with Gasteiger partial charge < -0.3 is 4.57 Å². The maximum Gasteiger partial charge on any atom is 0.0547 e. The normalized spacial score (nSPS) is 12.5. The Bertz CT molecular complexity index is 1730. The van der Waals surface area contributed by atoms with Crippen LogP contribution in [0.3, 0.4) is 0 Å². The Labute approximate surface area is 173 Å². The lowest BCUT2D eigenvalue weighted by molar-refractivity contribution is 1.17. The highest BCUT2D eigenvalue weighted by atomic mass is 15.0. The minimum Gasteiger partial charge on any atom is -0.309 e. The zero-order valence-electron chi connectivity index (χ0n) is 16.3. The number of aromatic nitrogens is 1. The highest BCUT2D eigenvalue weighted by Gasteiger charge is 2.16. The summed E-state index contributed by atoms with van der Waals surface area (Å²) in [6.45, 7) is 0. The summed E-state index contributed by atoms with van der Waals surface area (Å²) in [5.74, 6) is 0. The fourth-order valence-corrected chi connectivity index (χ4v) is 5.01. The van der Waals surface area contributed by atoms with Gasteiger partial charge in [0.25, 0.3) is 0 Å². The van der Waals surface area contributed by atoms with Gasteiger partial charge in [0, 0.05) is 21.7 Å². The van der Waals surface area contributed by atoms with Gasteiger partial charge in [-0.3, -0.25) is 0 Å². The quantitative estimate of drug-likeness (QED) is 0.339. The summed E-state index contributed by atoms with van der Waals surface area (Å²) in [5, 5.41) is 10.2. The van der Waals surface area contributed by atoms with Crippen molar-refractivity contribution in [2.24, 2.45) is 0 Å². The van der Waals surface area contributed by atoms with Gasteiger partial charge in [-0.2, -0.15) is 0 Å². The van der Waals surface area contributed by atoms with Crippen molar-refractivity contribution in [3.8, 4) is 5.69 Å². The van der Waals surface area contributed by atoms with Crippen LogP contribution in [0.15, 0.2) is 97.1 Å². The van der Waals surface area contributed by atoms with Crippen LogP contribution in [0.5, 0.6) is 0 Å². The summed E-state index contributed by atoms with van der Waals surface area (Å²) >= 11 is 0. The predicted molar refractivity (Wildman–Crippen MR) is 127 cm³/mol. The van der Waals surface area contributed by atoms with Gasteiger partial charge in [0.15, 0.2) is 0 Å². The van der Waals surface area contributed by atoms with Crippen molar-refractivity contribution in [3.05, 3.63) is 108 Å². The summed E-state index contributed by atoms with van der Waals surface area (Å²) in [4.78, 5) is 0. The monoisotopic (exact) mass is 379 g/mol. The van der Waals surface area contributed by atoms with Crippen LogP contribution >= 0.6 is 0 Å². The Balaban J connectivity index is 1.76. The Kier molecular flexibility index (Phi) is 3.02. The molecule has 6 aromatic rings. The maximum atomic E-state index is 3.31. The first-order chi connectivity index (χ1) is 14.9. The molecule has 7 rings (SSSR count). The highest BCUT2D eigenvalue weighted by Crippen LogP contribution is 2.40. The number of benzene rings is 5. The Morgan fingerprint density at radius 2 is 1.23 bits per heavy atom. The van der Waals surface area contributed by atoms with E-state index in [2.05, 4.69) is 107 Å². The molecule has 0 spiro atoms. The van der Waals surface area contributed by atoms with Crippen molar-refractivity contribution in [1.82, 2.24) is 4.57 Å². The van der Waals surface area contributed by atoms with E-state index in [9.17, 15) is 0 Å². The van der Waals surface area contributed by atoms with Gasteiger partial charge in [0.1, 0.15) is 0 Å². The van der Waals surface area contributed by atoms with Gasteiger partial charge in [0.05, 0.1) is 11.0 Å². The molecule has 0 amide bonds. The molecular formula is C29H17N. The molecule has 0 radical (unpaired) electrons. The molecule has 0 unspecified atom stereocenters. The van der Waals surface area contributed by atoms with E-state index in [1.54, 1.807) is 0 Å². The molecule has 0 saturated carbocycles. The zero-order valence-corrected chi connectivity index (χ0v) is 16.3. The number of hydrogen-bond acceptors (Lipinski definition) is 0. The summed E-state index contributed by atoms with van der Waals surface area (Å²) in [7, 11) is 0. The van der Waals surface area contributed by atoms with Crippen LogP contribution < -0.4 is 10.4 Å². The van der Waals surface area contributed by atoms with E-state index in [1.807, 2.05) is 6.08 Å². The first-order valence-corrected chi connectivity index (χ1v) is 10.3. The Morgan fingerprint density at radius 3 is 1.90 bits per heavy atom. The Morgan fingerprint density at radius 1 is 0.600 bits per heavy atom. The third-order valence-corrected chi connectivity index (χ3v) is 6.34. The molecule has 0 aliphatic heterocycles. The van der Waals surface area contributed by atoms with Crippen molar-refractivity contribution in [3.63, 3.8) is 0 Å². The molecule has 1 aliphatic carbocycles.